The molecule has 0 fully saturated rings. The van der Waals surface area contributed by atoms with Gasteiger partial charge in [0, 0.05) is 12.7 Å². The van der Waals surface area contributed by atoms with Gasteiger partial charge in [-0.15, -0.1) is 0 Å². The summed E-state index contributed by atoms with van der Waals surface area (Å²) in [6.07, 6.45) is 0.728. The van der Waals surface area contributed by atoms with Crippen molar-refractivity contribution in [1.82, 2.24) is 0 Å². The average molecular weight is 239 g/mol. The molecule has 0 saturated carbocycles. The maximum Gasteiger partial charge on any atom is 0.167 e. The first-order chi connectivity index (χ1) is 8.36. The first kappa shape index (κ1) is 12.2. The van der Waals surface area contributed by atoms with Crippen molar-refractivity contribution in [1.29, 1.82) is 0 Å². The minimum Gasteiger partial charge on any atom is -0.486 e. The van der Waals surface area contributed by atoms with E-state index in [0.29, 0.717) is 26.4 Å². The molecular formula is C12H17NO4. The molecule has 0 radical (unpaired) electrons. The summed E-state index contributed by atoms with van der Waals surface area (Å²) in [7, 11) is 1.66. The predicted octanol–water partition coefficient (Wildman–Crippen LogP) is 1.04. The fourth-order valence-corrected chi connectivity index (χ4v) is 1.92. The standard InChI is InChI=1S/C12H17NO4/c1-14-8-10-9(4-5-17-13)2-3-11-12(10)16-7-6-15-11/h2-3H,4-8,13H2,1H3. The number of hydrogen-bond donors (Lipinski definition) is 1. The third kappa shape index (κ3) is 2.69. The number of nitrogens with two attached hydrogens (primary N) is 1. The smallest absolute Gasteiger partial charge is 0.167 e. The van der Waals surface area contributed by atoms with Crippen molar-refractivity contribution in [3.8, 4) is 11.5 Å². The van der Waals surface area contributed by atoms with Crippen LogP contribution < -0.4 is 15.4 Å². The third-order valence-electron chi connectivity index (χ3n) is 2.69. The van der Waals surface area contributed by atoms with Gasteiger partial charge in [-0.25, -0.2) is 5.90 Å². The summed E-state index contributed by atoms with van der Waals surface area (Å²) in [4.78, 5) is 4.61. The van der Waals surface area contributed by atoms with Gasteiger partial charge in [0.2, 0.25) is 0 Å². The Morgan fingerprint density at radius 2 is 2.12 bits per heavy atom. The van der Waals surface area contributed by atoms with Crippen molar-refractivity contribution in [3.05, 3.63) is 23.3 Å². The van der Waals surface area contributed by atoms with Crippen molar-refractivity contribution in [2.75, 3.05) is 26.9 Å². The second kappa shape index (κ2) is 5.86. The molecule has 2 rings (SSSR count). The Hall–Kier alpha value is -1.30. The van der Waals surface area contributed by atoms with E-state index >= 15 is 0 Å². The highest BCUT2D eigenvalue weighted by Gasteiger charge is 2.18. The van der Waals surface area contributed by atoms with Gasteiger partial charge in [-0.05, 0) is 18.1 Å². The summed E-state index contributed by atoms with van der Waals surface area (Å²) in [5.74, 6) is 6.61. The van der Waals surface area contributed by atoms with Gasteiger partial charge in [-0.2, -0.15) is 0 Å². The lowest BCUT2D eigenvalue weighted by Crippen LogP contribution is -2.18. The fraction of sp³-hybridized carbons (Fsp3) is 0.500. The summed E-state index contributed by atoms with van der Waals surface area (Å²) in [6.45, 7) is 2.12. The number of fused-ring (bicyclic) bond motifs is 1. The molecule has 0 aliphatic carbocycles. The second-order valence-electron chi connectivity index (χ2n) is 3.78. The van der Waals surface area contributed by atoms with E-state index < -0.39 is 0 Å². The zero-order chi connectivity index (χ0) is 12.1. The molecule has 1 aliphatic rings. The molecule has 2 N–H and O–H groups in total. The van der Waals surface area contributed by atoms with Crippen LogP contribution in [0.4, 0.5) is 0 Å². The first-order valence-corrected chi connectivity index (χ1v) is 5.57. The van der Waals surface area contributed by atoms with Gasteiger partial charge in [0.05, 0.1) is 13.2 Å². The molecule has 5 nitrogen and oxygen atoms in total. The molecule has 1 aromatic rings. The summed E-state index contributed by atoms with van der Waals surface area (Å²) < 4.78 is 16.4. The van der Waals surface area contributed by atoms with Crippen LogP contribution in [0.25, 0.3) is 0 Å². The van der Waals surface area contributed by atoms with E-state index in [9.17, 15) is 0 Å². The quantitative estimate of drug-likeness (QED) is 0.778. The summed E-state index contributed by atoms with van der Waals surface area (Å²) in [5.41, 5.74) is 2.13. The van der Waals surface area contributed by atoms with Gasteiger partial charge >= 0.3 is 0 Å². The number of hydrogen-bond acceptors (Lipinski definition) is 5. The van der Waals surface area contributed by atoms with E-state index in [1.165, 1.54) is 0 Å². The monoisotopic (exact) mass is 239 g/mol. The largest absolute Gasteiger partial charge is 0.486 e. The van der Waals surface area contributed by atoms with Crippen LogP contribution in [-0.4, -0.2) is 26.9 Å². The number of rotatable bonds is 5. The van der Waals surface area contributed by atoms with E-state index in [-0.39, 0.29) is 0 Å². The molecule has 5 heteroatoms. The third-order valence-corrected chi connectivity index (χ3v) is 2.69. The number of benzene rings is 1. The van der Waals surface area contributed by atoms with Crippen LogP contribution in [0, 0.1) is 0 Å². The van der Waals surface area contributed by atoms with Crippen molar-refractivity contribution < 1.29 is 19.0 Å². The minimum atomic E-state index is 0.469. The molecule has 17 heavy (non-hydrogen) atoms. The zero-order valence-corrected chi connectivity index (χ0v) is 9.90. The zero-order valence-electron chi connectivity index (χ0n) is 9.90. The van der Waals surface area contributed by atoms with Gasteiger partial charge in [0.15, 0.2) is 11.5 Å². The first-order valence-electron chi connectivity index (χ1n) is 5.57. The van der Waals surface area contributed by atoms with Crippen LogP contribution in [0.2, 0.25) is 0 Å². The van der Waals surface area contributed by atoms with Gasteiger partial charge in [0.1, 0.15) is 13.2 Å². The Balaban J connectivity index is 2.31. The minimum absolute atomic E-state index is 0.469. The van der Waals surface area contributed by atoms with E-state index in [1.54, 1.807) is 7.11 Å². The van der Waals surface area contributed by atoms with E-state index in [4.69, 9.17) is 20.1 Å². The SMILES string of the molecule is COCc1c(CCON)ccc2c1OCCO2. The Bertz CT molecular complexity index is 381. The van der Waals surface area contributed by atoms with Crippen molar-refractivity contribution >= 4 is 0 Å². The topological polar surface area (TPSA) is 62.9 Å². The van der Waals surface area contributed by atoms with Crippen LogP contribution in [0.15, 0.2) is 12.1 Å². The molecule has 1 aliphatic heterocycles. The Kier molecular flexibility index (Phi) is 4.19. The predicted molar refractivity (Wildman–Crippen MR) is 62.0 cm³/mol. The maximum atomic E-state index is 5.65. The molecule has 1 heterocycles. The lowest BCUT2D eigenvalue weighted by molar-refractivity contribution is 0.137. The molecule has 94 valence electrons. The number of ether oxygens (including phenoxy) is 3. The fourth-order valence-electron chi connectivity index (χ4n) is 1.92. The van der Waals surface area contributed by atoms with Gasteiger partial charge in [0.25, 0.3) is 0 Å². The molecular weight excluding hydrogens is 222 g/mol. The summed E-state index contributed by atoms with van der Waals surface area (Å²) in [6, 6.07) is 3.92. The molecule has 0 atom stereocenters. The average Bonchev–Trinajstić information content (AvgIpc) is 2.38. The van der Waals surface area contributed by atoms with Crippen LogP contribution in [0.3, 0.4) is 0 Å². The lowest BCUT2D eigenvalue weighted by Gasteiger charge is -2.22. The lowest BCUT2D eigenvalue weighted by atomic mass is 10.0. The molecule has 0 unspecified atom stereocenters. The molecule has 0 aromatic heterocycles. The second-order valence-corrected chi connectivity index (χ2v) is 3.78. The highest BCUT2D eigenvalue weighted by atomic mass is 16.6. The summed E-state index contributed by atoms with van der Waals surface area (Å²) in [5, 5.41) is 0. The van der Waals surface area contributed by atoms with Crippen LogP contribution in [0.1, 0.15) is 11.1 Å². The van der Waals surface area contributed by atoms with Gasteiger partial charge in [-0.1, -0.05) is 6.07 Å². The van der Waals surface area contributed by atoms with Gasteiger partial charge in [-0.3, -0.25) is 0 Å². The van der Waals surface area contributed by atoms with Crippen molar-refractivity contribution in [2.24, 2.45) is 5.90 Å². The summed E-state index contributed by atoms with van der Waals surface area (Å²) >= 11 is 0. The highest BCUT2D eigenvalue weighted by molar-refractivity contribution is 5.51. The van der Waals surface area contributed by atoms with Gasteiger partial charge < -0.3 is 19.0 Å². The molecule has 0 amide bonds. The van der Waals surface area contributed by atoms with Crippen LogP contribution in [-0.2, 0) is 22.6 Å². The normalized spacial score (nSPS) is 13.8. The molecule has 1 aromatic carbocycles. The van der Waals surface area contributed by atoms with Crippen LogP contribution >= 0.6 is 0 Å². The molecule has 0 bridgehead atoms. The Morgan fingerprint density at radius 1 is 1.29 bits per heavy atom. The van der Waals surface area contributed by atoms with Crippen LogP contribution in [0.5, 0.6) is 11.5 Å². The van der Waals surface area contributed by atoms with E-state index in [1.807, 2.05) is 12.1 Å². The molecule has 0 spiro atoms. The Morgan fingerprint density at radius 3 is 2.88 bits per heavy atom. The molecule has 0 saturated heterocycles. The van der Waals surface area contributed by atoms with Crippen molar-refractivity contribution in [2.45, 2.75) is 13.0 Å². The van der Waals surface area contributed by atoms with Crippen molar-refractivity contribution in [3.63, 3.8) is 0 Å². The van der Waals surface area contributed by atoms with E-state index in [0.717, 1.165) is 29.0 Å². The van der Waals surface area contributed by atoms with E-state index in [2.05, 4.69) is 4.84 Å². The number of methoxy groups -OCH3 is 1. The Labute approximate surface area is 100 Å². The highest BCUT2D eigenvalue weighted by Crippen LogP contribution is 2.36. The maximum absolute atomic E-state index is 5.65.